The Labute approximate surface area is 130 Å². The monoisotopic (exact) mass is 326 g/mol. The van der Waals surface area contributed by atoms with Gasteiger partial charge in [-0.25, -0.2) is 9.18 Å². The summed E-state index contributed by atoms with van der Waals surface area (Å²) in [5.74, 6) is -1.91. The van der Waals surface area contributed by atoms with Crippen molar-refractivity contribution >= 4 is 23.5 Å². The van der Waals surface area contributed by atoms with Crippen LogP contribution in [0.2, 0.25) is 5.02 Å². The van der Waals surface area contributed by atoms with Gasteiger partial charge in [-0.05, 0) is 17.7 Å². The number of ether oxygens (including phenoxy) is 1. The molecule has 6 nitrogen and oxygen atoms in total. The molecule has 1 N–H and O–H groups in total. The van der Waals surface area contributed by atoms with E-state index >= 15 is 0 Å². The Morgan fingerprint density at radius 3 is 2.82 bits per heavy atom. The van der Waals surface area contributed by atoms with Crippen LogP contribution in [0.15, 0.2) is 35.1 Å². The Morgan fingerprint density at radius 2 is 2.23 bits per heavy atom. The van der Waals surface area contributed by atoms with Crippen molar-refractivity contribution < 1.29 is 23.2 Å². The van der Waals surface area contributed by atoms with Crippen LogP contribution in [-0.4, -0.2) is 24.1 Å². The van der Waals surface area contributed by atoms with Crippen molar-refractivity contribution in [2.24, 2.45) is 0 Å². The second-order valence-corrected chi connectivity index (χ2v) is 4.77. The highest BCUT2D eigenvalue weighted by Crippen LogP contribution is 2.21. The van der Waals surface area contributed by atoms with Gasteiger partial charge in [0.05, 0.1) is 24.2 Å². The van der Waals surface area contributed by atoms with Gasteiger partial charge in [0.1, 0.15) is 12.1 Å². The molecule has 0 bridgehead atoms. The third kappa shape index (κ3) is 3.82. The lowest BCUT2D eigenvalue weighted by Crippen LogP contribution is -2.35. The van der Waals surface area contributed by atoms with Crippen molar-refractivity contribution in [3.63, 3.8) is 0 Å². The van der Waals surface area contributed by atoms with Crippen LogP contribution in [0.5, 0.6) is 0 Å². The van der Waals surface area contributed by atoms with Gasteiger partial charge < -0.3 is 14.6 Å². The zero-order chi connectivity index (χ0) is 16.1. The lowest BCUT2D eigenvalue weighted by atomic mass is 10.1. The van der Waals surface area contributed by atoms with Crippen LogP contribution in [0.1, 0.15) is 17.3 Å². The average Bonchev–Trinajstić information content (AvgIpc) is 3.00. The molecule has 1 atom stereocenters. The first-order valence-electron chi connectivity index (χ1n) is 6.22. The Hall–Kier alpha value is -2.41. The van der Waals surface area contributed by atoms with Gasteiger partial charge in [0, 0.05) is 6.07 Å². The van der Waals surface area contributed by atoms with Crippen molar-refractivity contribution in [2.45, 2.75) is 12.5 Å². The molecule has 116 valence electrons. The largest absolute Gasteiger partial charge is 0.467 e. The van der Waals surface area contributed by atoms with Crippen LogP contribution < -0.4 is 5.32 Å². The fourth-order valence-corrected chi connectivity index (χ4v) is 1.91. The molecular weight excluding hydrogens is 315 g/mol. The Morgan fingerprint density at radius 1 is 1.45 bits per heavy atom. The number of esters is 1. The molecule has 0 saturated carbocycles. The smallest absolute Gasteiger partial charge is 0.333 e. The first-order chi connectivity index (χ1) is 10.5. The average molecular weight is 327 g/mol. The van der Waals surface area contributed by atoms with Crippen molar-refractivity contribution in [3.05, 3.63) is 52.6 Å². The summed E-state index contributed by atoms with van der Waals surface area (Å²) >= 11 is 5.60. The SMILES string of the molecule is COC(=O)[C@H](NC(=O)Cc1ccon1)c1ccc(Cl)c(F)c1. The van der Waals surface area contributed by atoms with Crippen LogP contribution in [0, 0.1) is 5.82 Å². The Kier molecular flexibility index (Phi) is 5.11. The van der Waals surface area contributed by atoms with E-state index in [1.165, 1.54) is 31.6 Å². The van der Waals surface area contributed by atoms with Crippen LogP contribution in [-0.2, 0) is 20.7 Å². The molecular formula is C14H12ClFN2O4. The molecule has 0 radical (unpaired) electrons. The van der Waals surface area contributed by atoms with E-state index in [-0.39, 0.29) is 17.0 Å². The maximum absolute atomic E-state index is 13.5. The first-order valence-corrected chi connectivity index (χ1v) is 6.60. The summed E-state index contributed by atoms with van der Waals surface area (Å²) in [6.45, 7) is 0. The van der Waals surface area contributed by atoms with E-state index in [0.717, 1.165) is 6.07 Å². The van der Waals surface area contributed by atoms with E-state index < -0.39 is 23.7 Å². The summed E-state index contributed by atoms with van der Waals surface area (Å²) in [6, 6.07) is 4.18. The zero-order valence-electron chi connectivity index (χ0n) is 11.5. The Bertz CT molecular complexity index is 675. The van der Waals surface area contributed by atoms with Crippen molar-refractivity contribution in [3.8, 4) is 0 Å². The van der Waals surface area contributed by atoms with Crippen molar-refractivity contribution in [1.82, 2.24) is 10.5 Å². The number of carbonyl (C=O) groups is 2. The number of aromatic nitrogens is 1. The molecule has 2 rings (SSSR count). The highest BCUT2D eigenvalue weighted by Gasteiger charge is 2.24. The molecule has 1 heterocycles. The fraction of sp³-hybridized carbons (Fsp3) is 0.214. The van der Waals surface area contributed by atoms with E-state index in [9.17, 15) is 14.0 Å². The van der Waals surface area contributed by atoms with Crippen molar-refractivity contribution in [1.29, 1.82) is 0 Å². The minimum atomic E-state index is -1.14. The highest BCUT2D eigenvalue weighted by molar-refractivity contribution is 6.30. The molecule has 2 aromatic rings. The number of halogens is 2. The normalized spacial score (nSPS) is 11.8. The Balaban J connectivity index is 2.17. The molecule has 1 aromatic heterocycles. The van der Waals surface area contributed by atoms with Gasteiger partial charge in [-0.3, -0.25) is 4.79 Å². The maximum atomic E-state index is 13.5. The molecule has 1 amide bonds. The number of carbonyl (C=O) groups excluding carboxylic acids is 2. The molecule has 0 spiro atoms. The van der Waals surface area contributed by atoms with Gasteiger partial charge in [0.2, 0.25) is 5.91 Å². The maximum Gasteiger partial charge on any atom is 0.333 e. The number of benzene rings is 1. The standard InChI is InChI=1S/C14H12ClFN2O4/c1-21-14(20)13(8-2-3-10(15)11(16)6-8)17-12(19)7-9-4-5-22-18-9/h2-6,13H,7H2,1H3,(H,17,19)/t13-/m1/s1. The lowest BCUT2D eigenvalue weighted by Gasteiger charge is -2.17. The van der Waals surface area contributed by atoms with E-state index in [1.807, 2.05) is 0 Å². The lowest BCUT2D eigenvalue weighted by molar-refractivity contribution is -0.145. The van der Waals surface area contributed by atoms with Crippen LogP contribution in [0.3, 0.4) is 0 Å². The molecule has 0 aliphatic heterocycles. The summed E-state index contributed by atoms with van der Waals surface area (Å²) in [7, 11) is 1.17. The van der Waals surface area contributed by atoms with Crippen LogP contribution in [0.4, 0.5) is 4.39 Å². The van der Waals surface area contributed by atoms with Gasteiger partial charge in [-0.15, -0.1) is 0 Å². The third-order valence-electron chi connectivity index (χ3n) is 2.85. The van der Waals surface area contributed by atoms with Crippen molar-refractivity contribution in [2.75, 3.05) is 7.11 Å². The summed E-state index contributed by atoms with van der Waals surface area (Å²) < 4.78 is 22.8. The quantitative estimate of drug-likeness (QED) is 0.850. The fourth-order valence-electron chi connectivity index (χ4n) is 1.79. The molecule has 8 heteroatoms. The van der Waals surface area contributed by atoms with Crippen LogP contribution in [0.25, 0.3) is 0 Å². The summed E-state index contributed by atoms with van der Waals surface area (Å²) in [5, 5.41) is 5.98. The molecule has 0 aliphatic carbocycles. The van der Waals surface area contributed by atoms with Gasteiger partial charge in [-0.1, -0.05) is 22.8 Å². The van der Waals surface area contributed by atoms with E-state index in [1.54, 1.807) is 0 Å². The second-order valence-electron chi connectivity index (χ2n) is 4.36. The number of hydrogen-bond donors (Lipinski definition) is 1. The van der Waals surface area contributed by atoms with Gasteiger partial charge in [0.15, 0.2) is 6.04 Å². The summed E-state index contributed by atoms with van der Waals surface area (Å²) in [6.07, 6.45) is 1.25. The minimum absolute atomic E-state index is 0.0821. The van der Waals surface area contributed by atoms with Gasteiger partial charge in [-0.2, -0.15) is 0 Å². The number of nitrogens with one attached hydrogen (secondary N) is 1. The second kappa shape index (κ2) is 7.04. The molecule has 22 heavy (non-hydrogen) atoms. The predicted octanol–water partition coefficient (Wildman–Crippen LogP) is 2.04. The topological polar surface area (TPSA) is 81.4 Å². The predicted molar refractivity (Wildman–Crippen MR) is 74.5 cm³/mol. The number of hydrogen-bond acceptors (Lipinski definition) is 5. The highest BCUT2D eigenvalue weighted by atomic mass is 35.5. The number of nitrogens with zero attached hydrogens (tertiary/aromatic N) is 1. The van der Waals surface area contributed by atoms with Gasteiger partial charge in [0.25, 0.3) is 0 Å². The summed E-state index contributed by atoms with van der Waals surface area (Å²) in [5.41, 5.74) is 0.630. The third-order valence-corrected chi connectivity index (χ3v) is 3.16. The van der Waals surface area contributed by atoms with E-state index in [0.29, 0.717) is 5.69 Å². The van der Waals surface area contributed by atoms with Crippen LogP contribution >= 0.6 is 11.6 Å². The zero-order valence-corrected chi connectivity index (χ0v) is 12.3. The first kappa shape index (κ1) is 16.0. The molecule has 1 aromatic carbocycles. The molecule has 0 fully saturated rings. The number of amides is 1. The minimum Gasteiger partial charge on any atom is -0.467 e. The molecule has 0 saturated heterocycles. The summed E-state index contributed by atoms with van der Waals surface area (Å²) in [4.78, 5) is 23.8. The molecule has 0 aliphatic rings. The number of rotatable bonds is 5. The van der Waals surface area contributed by atoms with Gasteiger partial charge >= 0.3 is 5.97 Å². The van der Waals surface area contributed by atoms with E-state index in [4.69, 9.17) is 11.6 Å². The number of methoxy groups -OCH3 is 1. The van der Waals surface area contributed by atoms with E-state index in [2.05, 4.69) is 19.7 Å². The molecule has 0 unspecified atom stereocenters.